The van der Waals surface area contributed by atoms with E-state index in [1.165, 1.54) is 0 Å². The zero-order valence-corrected chi connectivity index (χ0v) is 15.3. The van der Waals surface area contributed by atoms with Crippen molar-refractivity contribution in [3.8, 4) is 0 Å². The molecule has 136 valence electrons. The molecule has 0 radical (unpaired) electrons. The molecule has 0 bridgehead atoms. The molecule has 0 aliphatic carbocycles. The van der Waals surface area contributed by atoms with Gasteiger partial charge in [0.2, 0.25) is 5.91 Å². The highest BCUT2D eigenvalue weighted by molar-refractivity contribution is 5.92. The van der Waals surface area contributed by atoms with Crippen LogP contribution in [0, 0.1) is 0 Å². The maximum absolute atomic E-state index is 12.5. The lowest BCUT2D eigenvalue weighted by molar-refractivity contribution is -0.117. The molecule has 4 heteroatoms. The summed E-state index contributed by atoms with van der Waals surface area (Å²) in [6.45, 7) is 5.06. The largest absolute Gasteiger partial charge is 0.344 e. The lowest BCUT2D eigenvalue weighted by Gasteiger charge is -2.34. The number of carbonyl (C=O) groups excluding carboxylic acids is 1. The summed E-state index contributed by atoms with van der Waals surface area (Å²) in [4.78, 5) is 17.2. The minimum atomic E-state index is -0.0585. The van der Waals surface area contributed by atoms with E-state index in [1.54, 1.807) is 6.08 Å². The first-order chi connectivity index (χ1) is 12.7. The van der Waals surface area contributed by atoms with Gasteiger partial charge in [0.15, 0.2) is 0 Å². The Balaban J connectivity index is 1.65. The van der Waals surface area contributed by atoms with Gasteiger partial charge in [-0.15, -0.1) is 0 Å². The first-order valence-electron chi connectivity index (χ1n) is 9.20. The van der Waals surface area contributed by atoms with E-state index in [4.69, 9.17) is 0 Å². The number of nitrogens with one attached hydrogen (secondary N) is 1. The van der Waals surface area contributed by atoms with Crippen LogP contribution in [0.2, 0.25) is 0 Å². The molecule has 2 aromatic rings. The monoisotopic (exact) mass is 349 g/mol. The van der Waals surface area contributed by atoms with E-state index in [2.05, 4.69) is 34.3 Å². The summed E-state index contributed by atoms with van der Waals surface area (Å²) in [6.07, 6.45) is 3.47. The van der Waals surface area contributed by atoms with Crippen LogP contribution in [0.1, 0.15) is 17.2 Å². The van der Waals surface area contributed by atoms with Crippen LogP contribution in [0.3, 0.4) is 0 Å². The fourth-order valence-electron chi connectivity index (χ4n) is 3.16. The van der Waals surface area contributed by atoms with Gasteiger partial charge in [0, 0.05) is 38.8 Å². The van der Waals surface area contributed by atoms with Crippen molar-refractivity contribution in [1.29, 1.82) is 0 Å². The number of carbonyl (C=O) groups is 1. The maximum Gasteiger partial charge on any atom is 0.244 e. The molecule has 0 spiro atoms. The number of likely N-dealkylation sites (N-methyl/N-ethyl adjacent to an activating group) is 1. The molecule has 0 saturated carbocycles. The Hall–Kier alpha value is -2.43. The molecule has 3 rings (SSSR count). The Morgan fingerprint density at radius 2 is 1.62 bits per heavy atom. The Morgan fingerprint density at radius 1 is 1.00 bits per heavy atom. The van der Waals surface area contributed by atoms with Gasteiger partial charge in [0.1, 0.15) is 0 Å². The molecule has 4 nitrogen and oxygen atoms in total. The van der Waals surface area contributed by atoms with Gasteiger partial charge >= 0.3 is 0 Å². The van der Waals surface area contributed by atoms with Gasteiger partial charge < -0.3 is 10.2 Å². The second-order valence-electron chi connectivity index (χ2n) is 6.82. The normalized spacial score (nSPS) is 17.3. The molecule has 26 heavy (non-hydrogen) atoms. The molecule has 1 aliphatic rings. The molecular formula is C22H27N3O. The molecule has 1 N–H and O–H groups in total. The molecule has 0 aromatic heterocycles. The van der Waals surface area contributed by atoms with Gasteiger partial charge in [-0.25, -0.2) is 0 Å². The Morgan fingerprint density at radius 3 is 2.27 bits per heavy atom. The summed E-state index contributed by atoms with van der Waals surface area (Å²) in [5, 5.41) is 3.18. The SMILES string of the molecule is CN1CCN(CC(NC(=O)/C=C/c2ccccc2)c2ccccc2)CC1. The molecule has 1 saturated heterocycles. The van der Waals surface area contributed by atoms with E-state index in [0.29, 0.717) is 0 Å². The van der Waals surface area contributed by atoms with Crippen molar-refractivity contribution >= 4 is 12.0 Å². The standard InChI is InChI=1S/C22H27N3O/c1-24-14-16-25(17-15-24)18-21(20-10-6-3-7-11-20)23-22(26)13-12-19-8-4-2-5-9-19/h2-13,21H,14-18H2,1H3,(H,23,26)/b13-12+. The maximum atomic E-state index is 12.5. The van der Waals surface area contributed by atoms with Crippen molar-refractivity contribution in [1.82, 2.24) is 15.1 Å². The zero-order chi connectivity index (χ0) is 18.2. The highest BCUT2D eigenvalue weighted by Gasteiger charge is 2.20. The van der Waals surface area contributed by atoms with Gasteiger partial charge in [-0.1, -0.05) is 60.7 Å². The third-order valence-electron chi connectivity index (χ3n) is 4.78. The van der Waals surface area contributed by atoms with E-state index in [0.717, 1.165) is 43.9 Å². The first kappa shape index (κ1) is 18.4. The lowest BCUT2D eigenvalue weighted by atomic mass is 10.1. The first-order valence-corrected chi connectivity index (χ1v) is 9.20. The molecule has 1 heterocycles. The molecule has 1 fully saturated rings. The third-order valence-corrected chi connectivity index (χ3v) is 4.78. The highest BCUT2D eigenvalue weighted by Crippen LogP contribution is 2.15. The van der Waals surface area contributed by atoms with Gasteiger partial charge in [0.05, 0.1) is 6.04 Å². The summed E-state index contributed by atoms with van der Waals surface area (Å²) in [5.74, 6) is -0.0585. The van der Waals surface area contributed by atoms with Crippen LogP contribution in [0.4, 0.5) is 0 Å². The van der Waals surface area contributed by atoms with Crippen molar-refractivity contribution < 1.29 is 4.79 Å². The zero-order valence-electron chi connectivity index (χ0n) is 15.3. The predicted molar refractivity (Wildman–Crippen MR) is 107 cm³/mol. The molecule has 1 unspecified atom stereocenters. The predicted octanol–water partition coefficient (Wildman–Crippen LogP) is 2.80. The van der Waals surface area contributed by atoms with Crippen LogP contribution >= 0.6 is 0 Å². The number of hydrogen-bond donors (Lipinski definition) is 1. The van der Waals surface area contributed by atoms with Crippen molar-refractivity contribution in [3.63, 3.8) is 0 Å². The molecule has 2 aromatic carbocycles. The smallest absolute Gasteiger partial charge is 0.244 e. The quantitative estimate of drug-likeness (QED) is 0.815. The topological polar surface area (TPSA) is 35.6 Å². The van der Waals surface area contributed by atoms with Gasteiger partial charge in [-0.3, -0.25) is 9.69 Å². The number of amides is 1. The van der Waals surface area contributed by atoms with Crippen molar-refractivity contribution in [2.45, 2.75) is 6.04 Å². The summed E-state index contributed by atoms with van der Waals surface area (Å²) in [6, 6.07) is 20.1. The van der Waals surface area contributed by atoms with Gasteiger partial charge in [0.25, 0.3) is 0 Å². The van der Waals surface area contributed by atoms with Crippen LogP contribution in [0.5, 0.6) is 0 Å². The van der Waals surface area contributed by atoms with Crippen molar-refractivity contribution in [3.05, 3.63) is 77.9 Å². The average Bonchev–Trinajstić information content (AvgIpc) is 2.69. The van der Waals surface area contributed by atoms with E-state index >= 15 is 0 Å². The fourth-order valence-corrected chi connectivity index (χ4v) is 3.16. The molecular weight excluding hydrogens is 322 g/mol. The number of piperazine rings is 1. The van der Waals surface area contributed by atoms with Gasteiger partial charge in [-0.2, -0.15) is 0 Å². The van der Waals surface area contributed by atoms with Crippen molar-refractivity contribution in [2.24, 2.45) is 0 Å². The Kier molecular flexibility index (Phi) is 6.58. The van der Waals surface area contributed by atoms with Gasteiger partial charge in [-0.05, 0) is 24.3 Å². The van der Waals surface area contributed by atoms with Crippen LogP contribution in [-0.4, -0.2) is 55.5 Å². The minimum absolute atomic E-state index is 0.00692. The number of nitrogens with zero attached hydrogens (tertiary/aromatic N) is 2. The Bertz CT molecular complexity index is 707. The highest BCUT2D eigenvalue weighted by atomic mass is 16.1. The van der Waals surface area contributed by atoms with Crippen molar-refractivity contribution in [2.75, 3.05) is 39.8 Å². The summed E-state index contributed by atoms with van der Waals surface area (Å²) < 4.78 is 0. The van der Waals surface area contributed by atoms with E-state index in [1.807, 2.05) is 54.6 Å². The second kappa shape index (κ2) is 9.32. The molecule has 1 aliphatic heterocycles. The minimum Gasteiger partial charge on any atom is -0.344 e. The Labute approximate surface area is 156 Å². The summed E-state index contributed by atoms with van der Waals surface area (Å²) in [5.41, 5.74) is 2.17. The van der Waals surface area contributed by atoms with E-state index in [-0.39, 0.29) is 11.9 Å². The van der Waals surface area contributed by atoms with Crippen LogP contribution in [-0.2, 0) is 4.79 Å². The fraction of sp³-hybridized carbons (Fsp3) is 0.318. The summed E-state index contributed by atoms with van der Waals surface area (Å²) >= 11 is 0. The number of hydrogen-bond acceptors (Lipinski definition) is 3. The molecule has 1 atom stereocenters. The average molecular weight is 349 g/mol. The second-order valence-corrected chi connectivity index (χ2v) is 6.82. The van der Waals surface area contributed by atoms with Crippen LogP contribution in [0.15, 0.2) is 66.7 Å². The summed E-state index contributed by atoms with van der Waals surface area (Å²) in [7, 11) is 2.15. The van der Waals surface area contributed by atoms with Crippen LogP contribution < -0.4 is 5.32 Å². The lowest BCUT2D eigenvalue weighted by Crippen LogP contribution is -2.47. The number of rotatable bonds is 6. The van der Waals surface area contributed by atoms with E-state index in [9.17, 15) is 4.79 Å². The third kappa shape index (κ3) is 5.55. The number of benzene rings is 2. The van der Waals surface area contributed by atoms with E-state index < -0.39 is 0 Å². The molecule has 1 amide bonds. The van der Waals surface area contributed by atoms with Crippen LogP contribution in [0.25, 0.3) is 6.08 Å².